The van der Waals surface area contributed by atoms with Crippen LogP contribution in [0.3, 0.4) is 0 Å². The third kappa shape index (κ3) is 7.88. The van der Waals surface area contributed by atoms with E-state index in [1.54, 1.807) is 101 Å². The molecule has 3 aromatic carbocycles. The lowest BCUT2D eigenvalue weighted by Gasteiger charge is -2.31. The zero-order valence-electron chi connectivity index (χ0n) is 38.5. The molecule has 64 heavy (non-hydrogen) atoms. The molecule has 0 spiro atoms. The van der Waals surface area contributed by atoms with Crippen molar-refractivity contribution in [2.24, 2.45) is 0 Å². The molecule has 0 saturated carbocycles. The zero-order valence-corrected chi connectivity index (χ0v) is 45.1. The van der Waals surface area contributed by atoms with Gasteiger partial charge in [0.2, 0.25) is 11.6 Å². The number of carbonyl (C=O) groups excluding carboxylic acids is 3. The van der Waals surface area contributed by atoms with Crippen LogP contribution in [0.2, 0.25) is 0 Å². The molecule has 0 radical (unpaired) electrons. The van der Waals surface area contributed by atoms with E-state index in [0.717, 1.165) is 50.3 Å². The fraction of sp³-hybridized carbons (Fsp3) is 0.543. The quantitative estimate of drug-likeness (QED) is 0.115. The van der Waals surface area contributed by atoms with E-state index in [4.69, 9.17) is 33.2 Å². The summed E-state index contributed by atoms with van der Waals surface area (Å²) in [6.45, 7) is 30.8. The van der Waals surface area contributed by atoms with Crippen molar-refractivity contribution >= 4 is 112 Å². The predicted molar refractivity (Wildman–Crippen MR) is 262 cm³/mol. The molecule has 6 aliphatic heterocycles. The standard InChI is InChI=1S/C46H52O10S8/c1-16-50-38(47)23-28-26(53-41(4,5)55-28)20(27-29(23)56-42(6,7)54-27)19(21-30-34(61-43(8,9)57-30)24(39(48)51-17-2)35-31(21)58-44(10,11)62-35)22-32-36(63-45(12,13)59-32)25(40(49)52-18-3)37-33(22)60-46(14,15)64-37/h19H,16-18H2,1-15H3. The molecular formula is C46H52O10S8. The van der Waals surface area contributed by atoms with Crippen LogP contribution in [0.4, 0.5) is 0 Å². The van der Waals surface area contributed by atoms with E-state index in [9.17, 15) is 14.4 Å². The first-order valence-corrected chi connectivity index (χ1v) is 27.8. The molecule has 0 fully saturated rings. The number of ether oxygens (including phenoxy) is 7. The van der Waals surface area contributed by atoms with Crippen molar-refractivity contribution in [3.8, 4) is 23.0 Å². The highest BCUT2D eigenvalue weighted by Gasteiger charge is 2.55. The summed E-state index contributed by atoms with van der Waals surface area (Å²) < 4.78 is 43.3. The van der Waals surface area contributed by atoms with E-state index in [-0.39, 0.29) is 65.1 Å². The molecule has 344 valence electrons. The number of esters is 3. The molecule has 0 N–H and O–H groups in total. The molecule has 0 aliphatic carbocycles. The monoisotopic (exact) mass is 1020 g/mol. The summed E-state index contributed by atoms with van der Waals surface area (Å²) in [6.07, 6.45) is 0. The first-order chi connectivity index (χ1) is 29.7. The number of fused-ring (bicyclic) bond motifs is 6. The van der Waals surface area contributed by atoms with Crippen molar-refractivity contribution < 1.29 is 47.5 Å². The highest BCUT2D eigenvalue weighted by Crippen LogP contribution is 2.73. The Morgan fingerprint density at radius 1 is 0.391 bits per heavy atom. The molecule has 10 nitrogen and oxygen atoms in total. The smallest absolute Gasteiger partial charge is 0.346 e. The van der Waals surface area contributed by atoms with Gasteiger partial charge in [0.05, 0.1) is 52.8 Å². The highest BCUT2D eigenvalue weighted by molar-refractivity contribution is 8.22. The van der Waals surface area contributed by atoms with Gasteiger partial charge in [-0.25, -0.2) is 14.4 Å². The molecule has 18 heteroatoms. The lowest BCUT2D eigenvalue weighted by atomic mass is 9.81. The van der Waals surface area contributed by atoms with E-state index < -0.39 is 23.5 Å². The Morgan fingerprint density at radius 2 is 0.641 bits per heavy atom. The average Bonchev–Trinajstić information content (AvgIpc) is 3.96. The SMILES string of the molecule is CCOC(=O)c1c2c(c(C(c3c4c(c(C(=O)OCC)c5c3SC(C)(C)S5)SC(C)(C)S4)c3c4c(c(C(=O)OCC)c5c3SC(C)(C)S5)SC(C)(C)S4)c3c1OC(C)(C)O3)OC(C)(C)O2. The van der Waals surface area contributed by atoms with E-state index in [1.807, 2.05) is 41.5 Å². The Labute approximate surface area is 409 Å². The van der Waals surface area contributed by atoms with Gasteiger partial charge in [0.1, 0.15) is 0 Å². The van der Waals surface area contributed by atoms with Gasteiger partial charge in [-0.1, -0.05) is 0 Å². The van der Waals surface area contributed by atoms with Crippen LogP contribution in [-0.2, 0) is 14.2 Å². The van der Waals surface area contributed by atoms with Gasteiger partial charge in [0, 0.05) is 72.8 Å². The topological polar surface area (TPSA) is 116 Å². The van der Waals surface area contributed by atoms with Gasteiger partial charge in [-0.2, -0.15) is 0 Å². The van der Waals surface area contributed by atoms with Crippen LogP contribution in [0.5, 0.6) is 23.0 Å². The molecule has 0 unspecified atom stereocenters. The van der Waals surface area contributed by atoms with Gasteiger partial charge in [-0.15, -0.1) is 94.1 Å². The van der Waals surface area contributed by atoms with Crippen molar-refractivity contribution in [2.45, 2.75) is 177 Å². The van der Waals surface area contributed by atoms with Crippen molar-refractivity contribution in [1.82, 2.24) is 0 Å². The van der Waals surface area contributed by atoms with Crippen molar-refractivity contribution in [1.29, 1.82) is 0 Å². The number of carbonyl (C=O) groups is 3. The second-order valence-electron chi connectivity index (χ2n) is 18.5. The molecule has 9 rings (SSSR count). The maximum atomic E-state index is 14.4. The van der Waals surface area contributed by atoms with Crippen molar-refractivity contribution in [2.75, 3.05) is 19.8 Å². The second-order valence-corrected chi connectivity index (χ2v) is 32.6. The number of rotatable bonds is 9. The molecule has 0 saturated heterocycles. The van der Waals surface area contributed by atoms with Crippen LogP contribution >= 0.6 is 94.1 Å². The van der Waals surface area contributed by atoms with Crippen LogP contribution in [0, 0.1) is 0 Å². The lowest BCUT2D eigenvalue weighted by Crippen LogP contribution is -2.31. The summed E-state index contributed by atoms with van der Waals surface area (Å²) in [4.78, 5) is 50.3. The van der Waals surface area contributed by atoms with Crippen LogP contribution in [-0.4, -0.2) is 65.6 Å². The normalized spacial score (nSPS) is 21.1. The fourth-order valence-corrected chi connectivity index (χ4v) is 20.6. The lowest BCUT2D eigenvalue weighted by molar-refractivity contribution is -0.0495. The maximum Gasteiger partial charge on any atom is 0.346 e. The molecule has 0 amide bonds. The Hall–Kier alpha value is -1.93. The third-order valence-corrected chi connectivity index (χ3v) is 22.0. The van der Waals surface area contributed by atoms with Crippen LogP contribution in [0.25, 0.3) is 0 Å². The predicted octanol–water partition coefficient (Wildman–Crippen LogP) is 14.1. The van der Waals surface area contributed by atoms with E-state index >= 15 is 0 Å². The highest BCUT2D eigenvalue weighted by atomic mass is 32.2. The van der Waals surface area contributed by atoms with Gasteiger partial charge >= 0.3 is 17.9 Å². The minimum Gasteiger partial charge on any atom is -0.462 e. The molecule has 6 aliphatic rings. The Morgan fingerprint density at radius 3 is 0.922 bits per heavy atom. The van der Waals surface area contributed by atoms with Gasteiger partial charge in [0.25, 0.3) is 0 Å². The summed E-state index contributed by atoms with van der Waals surface area (Å²) in [5.74, 6) is -3.31. The zero-order chi connectivity index (χ0) is 46.4. The van der Waals surface area contributed by atoms with E-state index in [2.05, 4.69) is 55.4 Å². The average molecular weight is 1020 g/mol. The van der Waals surface area contributed by atoms with Gasteiger partial charge < -0.3 is 33.2 Å². The van der Waals surface area contributed by atoms with Gasteiger partial charge in [-0.3, -0.25) is 0 Å². The molecule has 0 aromatic heterocycles. The number of thioether (sulfide) groups is 8. The summed E-state index contributed by atoms with van der Waals surface area (Å²) in [6, 6.07) is 0. The molecule has 3 aromatic rings. The minimum atomic E-state index is -1.21. The first kappa shape index (κ1) is 47.1. The van der Waals surface area contributed by atoms with E-state index in [0.29, 0.717) is 28.2 Å². The summed E-state index contributed by atoms with van der Waals surface area (Å²) >= 11 is 13.6. The molecule has 0 bridgehead atoms. The second kappa shape index (κ2) is 15.8. The summed E-state index contributed by atoms with van der Waals surface area (Å²) in [5.41, 5.74) is 3.87. The molecule has 0 atom stereocenters. The Balaban J connectivity index is 1.52. The van der Waals surface area contributed by atoms with Crippen LogP contribution in [0.15, 0.2) is 39.2 Å². The van der Waals surface area contributed by atoms with Gasteiger partial charge in [0.15, 0.2) is 28.6 Å². The number of hydrogen-bond donors (Lipinski definition) is 0. The van der Waals surface area contributed by atoms with Crippen molar-refractivity contribution in [3.05, 3.63) is 33.4 Å². The summed E-state index contributed by atoms with van der Waals surface area (Å²) in [7, 11) is 0. The first-order valence-electron chi connectivity index (χ1n) is 21.2. The minimum absolute atomic E-state index is 0.0981. The van der Waals surface area contributed by atoms with Crippen LogP contribution < -0.4 is 18.9 Å². The summed E-state index contributed by atoms with van der Waals surface area (Å²) in [5, 5.41) is 0. The fourth-order valence-electron chi connectivity index (χ4n) is 8.69. The Kier molecular flexibility index (Phi) is 11.6. The number of benzene rings is 3. The largest absolute Gasteiger partial charge is 0.462 e. The molecule has 6 heterocycles. The third-order valence-electron chi connectivity index (χ3n) is 10.5. The Bertz CT molecular complexity index is 2180. The maximum absolute atomic E-state index is 14.4. The number of hydrogen-bond acceptors (Lipinski definition) is 18. The van der Waals surface area contributed by atoms with Crippen LogP contribution in [0.1, 0.15) is 158 Å². The van der Waals surface area contributed by atoms with E-state index in [1.165, 1.54) is 0 Å². The molecular weight excluding hydrogens is 969 g/mol. The van der Waals surface area contributed by atoms with Gasteiger partial charge in [-0.05, 0) is 87.3 Å². The van der Waals surface area contributed by atoms with Crippen molar-refractivity contribution in [3.63, 3.8) is 0 Å².